The average molecular weight is 98.2 g/mol. The zero-order valence-electron chi connectivity index (χ0n) is 3.43. The van der Waals surface area contributed by atoms with Crippen LogP contribution in [0.15, 0.2) is 6.20 Å². The molecule has 0 unspecified atom stereocenters. The highest BCUT2D eigenvalue weighted by molar-refractivity contribution is 7.09. The van der Waals surface area contributed by atoms with Gasteiger partial charge in [0.05, 0.1) is 0 Å². The minimum Gasteiger partial charge on any atom is -0.242 e. The molecule has 0 saturated carbocycles. The zero-order valence-corrected chi connectivity index (χ0v) is 4.25. The molecule has 0 amide bonds. The van der Waals surface area contributed by atoms with E-state index >= 15 is 0 Å². The summed E-state index contributed by atoms with van der Waals surface area (Å²) in [5.74, 6) is 0. The standard InChI is InChI=1S/C4H4NS/c1-4-2-5-3-6-4/h2H,1H3. The van der Waals surface area contributed by atoms with Crippen LogP contribution in [-0.2, 0) is 0 Å². The minimum absolute atomic E-state index is 1.22. The molecule has 2 heteroatoms. The van der Waals surface area contributed by atoms with Crippen LogP contribution in [0, 0.1) is 12.4 Å². The molecule has 0 bridgehead atoms. The fourth-order valence-electron chi connectivity index (χ4n) is 0.242. The normalized spacial score (nSPS) is 8.83. The first-order valence-corrected chi connectivity index (χ1v) is 2.50. The third-order valence-electron chi connectivity index (χ3n) is 0.506. The van der Waals surface area contributed by atoms with E-state index in [1.54, 1.807) is 17.5 Å². The molecular weight excluding hydrogens is 94.1 g/mol. The van der Waals surface area contributed by atoms with Gasteiger partial charge in [0.2, 0.25) is 0 Å². The van der Waals surface area contributed by atoms with Crippen LogP contribution in [0.4, 0.5) is 0 Å². The van der Waals surface area contributed by atoms with Crippen LogP contribution >= 0.6 is 11.3 Å². The van der Waals surface area contributed by atoms with Crippen LogP contribution in [0.25, 0.3) is 0 Å². The highest BCUT2D eigenvalue weighted by Crippen LogP contribution is 1.98. The summed E-state index contributed by atoms with van der Waals surface area (Å²) in [6.07, 6.45) is 1.80. The van der Waals surface area contributed by atoms with Crippen molar-refractivity contribution in [3.05, 3.63) is 16.6 Å². The highest BCUT2D eigenvalue weighted by atomic mass is 32.1. The van der Waals surface area contributed by atoms with Gasteiger partial charge in [-0.25, -0.2) is 4.98 Å². The number of hydrogen-bond donors (Lipinski definition) is 0. The van der Waals surface area contributed by atoms with Gasteiger partial charge in [0.15, 0.2) is 5.51 Å². The van der Waals surface area contributed by atoms with Crippen LogP contribution in [-0.4, -0.2) is 4.98 Å². The first-order chi connectivity index (χ1) is 2.89. The maximum Gasteiger partial charge on any atom is 0.152 e. The second-order valence-corrected chi connectivity index (χ2v) is 2.09. The molecule has 0 saturated heterocycles. The predicted octanol–water partition coefficient (Wildman–Crippen LogP) is 1.25. The van der Waals surface area contributed by atoms with Gasteiger partial charge >= 0.3 is 0 Å². The van der Waals surface area contributed by atoms with E-state index in [4.69, 9.17) is 0 Å². The Kier molecular flexibility index (Phi) is 0.881. The summed E-state index contributed by atoms with van der Waals surface area (Å²) in [7, 11) is 0. The summed E-state index contributed by atoms with van der Waals surface area (Å²) < 4.78 is 0. The van der Waals surface area contributed by atoms with Gasteiger partial charge in [0.25, 0.3) is 0 Å². The summed E-state index contributed by atoms with van der Waals surface area (Å²) >= 11 is 1.54. The van der Waals surface area contributed by atoms with Crippen LogP contribution in [0.3, 0.4) is 0 Å². The summed E-state index contributed by atoms with van der Waals surface area (Å²) in [6.45, 7) is 2.01. The molecule has 1 rings (SSSR count). The molecule has 31 valence electrons. The molecule has 0 spiro atoms. The fraction of sp³-hybridized carbons (Fsp3) is 0.250. The highest BCUT2D eigenvalue weighted by Gasteiger charge is 1.77. The molecule has 1 nitrogen and oxygen atoms in total. The van der Waals surface area contributed by atoms with Gasteiger partial charge in [-0.2, -0.15) is 0 Å². The van der Waals surface area contributed by atoms with Gasteiger partial charge in [0, 0.05) is 11.1 Å². The van der Waals surface area contributed by atoms with Gasteiger partial charge in [-0.3, -0.25) is 0 Å². The number of nitrogens with zero attached hydrogens (tertiary/aromatic N) is 1. The zero-order chi connectivity index (χ0) is 4.41. The lowest BCUT2D eigenvalue weighted by Gasteiger charge is -1.63. The Morgan fingerprint density at radius 1 is 2.00 bits per heavy atom. The molecule has 0 aromatic carbocycles. The molecule has 0 N–H and O–H groups in total. The second-order valence-electron chi connectivity index (χ2n) is 1.06. The molecule has 1 heterocycles. The lowest BCUT2D eigenvalue weighted by atomic mass is 10.7. The molecule has 1 aromatic heterocycles. The van der Waals surface area contributed by atoms with Crippen molar-refractivity contribution in [2.24, 2.45) is 0 Å². The summed E-state index contributed by atoms with van der Waals surface area (Å²) in [5.41, 5.74) is 2.72. The Hall–Kier alpha value is -0.370. The number of rotatable bonds is 0. The van der Waals surface area contributed by atoms with Gasteiger partial charge in [0.1, 0.15) is 0 Å². The predicted molar refractivity (Wildman–Crippen MR) is 25.7 cm³/mol. The maximum absolute atomic E-state index is 3.72. The summed E-state index contributed by atoms with van der Waals surface area (Å²) in [6, 6.07) is 0. The molecule has 0 fully saturated rings. The Morgan fingerprint density at radius 2 is 2.83 bits per heavy atom. The van der Waals surface area contributed by atoms with Crippen molar-refractivity contribution in [2.45, 2.75) is 6.92 Å². The minimum atomic E-state index is 1.22. The summed E-state index contributed by atoms with van der Waals surface area (Å²) in [4.78, 5) is 4.93. The van der Waals surface area contributed by atoms with Crippen LogP contribution in [0.1, 0.15) is 4.88 Å². The van der Waals surface area contributed by atoms with E-state index in [9.17, 15) is 0 Å². The number of hydrogen-bond acceptors (Lipinski definition) is 2. The van der Waals surface area contributed by atoms with Crippen molar-refractivity contribution < 1.29 is 0 Å². The van der Waals surface area contributed by atoms with Crippen LogP contribution < -0.4 is 0 Å². The van der Waals surface area contributed by atoms with Crippen molar-refractivity contribution in [1.29, 1.82) is 0 Å². The van der Waals surface area contributed by atoms with Crippen molar-refractivity contribution in [3.63, 3.8) is 0 Å². The van der Waals surface area contributed by atoms with E-state index in [1.165, 1.54) is 4.88 Å². The van der Waals surface area contributed by atoms with E-state index in [0.717, 1.165) is 0 Å². The van der Waals surface area contributed by atoms with E-state index in [2.05, 4.69) is 10.5 Å². The lowest BCUT2D eigenvalue weighted by molar-refractivity contribution is 1.38. The Balaban J connectivity index is 3.05. The van der Waals surface area contributed by atoms with Crippen LogP contribution in [0.5, 0.6) is 0 Å². The van der Waals surface area contributed by atoms with Gasteiger partial charge in [-0.05, 0) is 6.92 Å². The average Bonchev–Trinajstić information content (AvgIpc) is 1.86. The van der Waals surface area contributed by atoms with Gasteiger partial charge in [-0.15, -0.1) is 11.3 Å². The lowest BCUT2D eigenvalue weighted by Crippen LogP contribution is -1.48. The number of thiazole rings is 1. The molecule has 0 aliphatic rings. The van der Waals surface area contributed by atoms with Gasteiger partial charge in [-0.1, -0.05) is 0 Å². The van der Waals surface area contributed by atoms with Crippen LogP contribution in [0.2, 0.25) is 0 Å². The molecule has 0 aliphatic carbocycles. The fourth-order valence-corrected chi connectivity index (χ4v) is 0.597. The molecule has 1 radical (unpaired) electrons. The SMILES string of the molecule is Cc1cn[c]s1. The van der Waals surface area contributed by atoms with E-state index in [-0.39, 0.29) is 0 Å². The number of aromatic nitrogens is 1. The molecule has 0 aliphatic heterocycles. The molecule has 6 heavy (non-hydrogen) atoms. The Labute approximate surface area is 40.7 Å². The van der Waals surface area contributed by atoms with Crippen molar-refractivity contribution in [1.82, 2.24) is 4.98 Å². The van der Waals surface area contributed by atoms with E-state index in [0.29, 0.717) is 0 Å². The maximum atomic E-state index is 3.72. The topological polar surface area (TPSA) is 12.9 Å². The smallest absolute Gasteiger partial charge is 0.152 e. The van der Waals surface area contributed by atoms with E-state index in [1.807, 2.05) is 6.92 Å². The second kappa shape index (κ2) is 1.39. The summed E-state index contributed by atoms with van der Waals surface area (Å²) in [5, 5.41) is 0. The number of aryl methyl sites for hydroxylation is 1. The molecule has 0 atom stereocenters. The first-order valence-electron chi connectivity index (χ1n) is 1.68. The quantitative estimate of drug-likeness (QED) is 0.476. The molecular formula is C4H4NS. The third-order valence-corrected chi connectivity index (χ3v) is 1.13. The van der Waals surface area contributed by atoms with Crippen molar-refractivity contribution in [3.8, 4) is 0 Å². The first kappa shape index (κ1) is 3.81. The van der Waals surface area contributed by atoms with Crippen molar-refractivity contribution >= 4 is 11.3 Å². The monoisotopic (exact) mass is 98.0 g/mol. The van der Waals surface area contributed by atoms with Crippen molar-refractivity contribution in [2.75, 3.05) is 0 Å². The molecule has 1 aromatic rings. The third kappa shape index (κ3) is 0.571. The Bertz CT molecular complexity index is 111. The largest absolute Gasteiger partial charge is 0.242 e. The van der Waals surface area contributed by atoms with E-state index < -0.39 is 0 Å². The van der Waals surface area contributed by atoms with Gasteiger partial charge < -0.3 is 0 Å². The Morgan fingerprint density at radius 3 is 3.00 bits per heavy atom.